The van der Waals surface area contributed by atoms with Crippen molar-refractivity contribution in [3.05, 3.63) is 52.3 Å². The number of nitrogens with one attached hydrogen (secondary N) is 1. The van der Waals surface area contributed by atoms with Gasteiger partial charge in [0.1, 0.15) is 17.4 Å². The topological polar surface area (TPSA) is 65.9 Å². The standard InChI is InChI=1S/C16H16N2O2/c1-2-3-9-20-14-6-4-5-12(10-14)15-8-7-13(11-17)16(19)18-15/h4-8,10H,2-3,9H2,1H3,(H,18,19). The van der Waals surface area contributed by atoms with Gasteiger partial charge in [-0.25, -0.2) is 0 Å². The molecule has 1 aromatic carbocycles. The number of pyridine rings is 1. The lowest BCUT2D eigenvalue weighted by Gasteiger charge is -2.07. The molecular weight excluding hydrogens is 252 g/mol. The monoisotopic (exact) mass is 268 g/mol. The van der Waals surface area contributed by atoms with Crippen molar-refractivity contribution in [1.29, 1.82) is 5.26 Å². The molecule has 0 aliphatic carbocycles. The quantitative estimate of drug-likeness (QED) is 0.847. The van der Waals surface area contributed by atoms with Crippen LogP contribution in [-0.2, 0) is 0 Å². The van der Waals surface area contributed by atoms with E-state index in [0.29, 0.717) is 12.3 Å². The van der Waals surface area contributed by atoms with Crippen LogP contribution < -0.4 is 10.3 Å². The van der Waals surface area contributed by atoms with Gasteiger partial charge in [0.15, 0.2) is 0 Å². The molecule has 1 N–H and O–H groups in total. The van der Waals surface area contributed by atoms with Gasteiger partial charge in [-0.2, -0.15) is 5.26 Å². The Kier molecular flexibility index (Phi) is 4.56. The third kappa shape index (κ3) is 3.27. The largest absolute Gasteiger partial charge is 0.494 e. The van der Waals surface area contributed by atoms with Gasteiger partial charge in [-0.15, -0.1) is 0 Å². The number of benzene rings is 1. The molecule has 0 unspecified atom stereocenters. The molecule has 0 aliphatic heterocycles. The van der Waals surface area contributed by atoms with Gasteiger partial charge in [0, 0.05) is 11.3 Å². The van der Waals surface area contributed by atoms with Gasteiger partial charge < -0.3 is 9.72 Å². The molecule has 20 heavy (non-hydrogen) atoms. The van der Waals surface area contributed by atoms with E-state index in [0.717, 1.165) is 24.2 Å². The second kappa shape index (κ2) is 6.58. The highest BCUT2D eigenvalue weighted by molar-refractivity contribution is 5.61. The van der Waals surface area contributed by atoms with Crippen molar-refractivity contribution in [2.24, 2.45) is 0 Å². The number of nitrogens with zero attached hydrogens (tertiary/aromatic N) is 1. The van der Waals surface area contributed by atoms with Gasteiger partial charge in [-0.05, 0) is 30.7 Å². The molecule has 2 aromatic rings. The van der Waals surface area contributed by atoms with E-state index in [1.54, 1.807) is 6.07 Å². The number of aromatic nitrogens is 1. The zero-order valence-electron chi connectivity index (χ0n) is 11.3. The summed E-state index contributed by atoms with van der Waals surface area (Å²) >= 11 is 0. The first-order valence-electron chi connectivity index (χ1n) is 6.61. The number of aromatic amines is 1. The first-order valence-corrected chi connectivity index (χ1v) is 6.61. The molecule has 0 atom stereocenters. The van der Waals surface area contributed by atoms with E-state index in [-0.39, 0.29) is 11.1 Å². The second-order valence-corrected chi connectivity index (χ2v) is 4.46. The molecule has 0 saturated carbocycles. The highest BCUT2D eigenvalue weighted by Crippen LogP contribution is 2.21. The molecule has 4 nitrogen and oxygen atoms in total. The summed E-state index contributed by atoms with van der Waals surface area (Å²) in [6, 6.07) is 12.7. The number of unbranched alkanes of at least 4 members (excludes halogenated alkanes) is 1. The maximum absolute atomic E-state index is 11.6. The van der Waals surface area contributed by atoms with E-state index < -0.39 is 0 Å². The normalized spacial score (nSPS) is 10.0. The molecule has 0 bridgehead atoms. The van der Waals surface area contributed by atoms with Gasteiger partial charge in [0.25, 0.3) is 5.56 Å². The van der Waals surface area contributed by atoms with Crippen LogP contribution in [0.15, 0.2) is 41.2 Å². The molecule has 0 aliphatic rings. The Morgan fingerprint density at radius 1 is 1.30 bits per heavy atom. The Balaban J connectivity index is 2.25. The highest BCUT2D eigenvalue weighted by atomic mass is 16.5. The lowest BCUT2D eigenvalue weighted by atomic mass is 10.1. The summed E-state index contributed by atoms with van der Waals surface area (Å²) in [5.74, 6) is 0.779. The Morgan fingerprint density at radius 2 is 2.15 bits per heavy atom. The number of hydrogen-bond donors (Lipinski definition) is 1. The predicted octanol–water partition coefficient (Wildman–Crippen LogP) is 3.09. The van der Waals surface area contributed by atoms with E-state index in [9.17, 15) is 4.79 Å². The van der Waals surface area contributed by atoms with Crippen molar-refractivity contribution in [3.63, 3.8) is 0 Å². The molecule has 0 spiro atoms. The molecule has 1 aromatic heterocycles. The first kappa shape index (κ1) is 13.9. The van der Waals surface area contributed by atoms with Crippen LogP contribution in [0.4, 0.5) is 0 Å². The third-order valence-electron chi connectivity index (χ3n) is 2.94. The van der Waals surface area contributed by atoms with Crippen LogP contribution in [0.25, 0.3) is 11.3 Å². The van der Waals surface area contributed by atoms with Crippen molar-refractivity contribution >= 4 is 0 Å². The third-order valence-corrected chi connectivity index (χ3v) is 2.94. The summed E-state index contributed by atoms with van der Waals surface area (Å²) in [6.07, 6.45) is 2.10. The summed E-state index contributed by atoms with van der Waals surface area (Å²) in [4.78, 5) is 14.3. The van der Waals surface area contributed by atoms with Crippen molar-refractivity contribution < 1.29 is 4.74 Å². The Bertz CT molecular complexity index is 683. The molecule has 0 fully saturated rings. The van der Waals surface area contributed by atoms with E-state index in [2.05, 4.69) is 11.9 Å². The molecule has 102 valence electrons. The van der Waals surface area contributed by atoms with Crippen LogP contribution in [-0.4, -0.2) is 11.6 Å². The number of rotatable bonds is 5. The summed E-state index contributed by atoms with van der Waals surface area (Å²) in [5, 5.41) is 8.75. The SMILES string of the molecule is CCCCOc1cccc(-c2ccc(C#N)c(=O)[nH]2)c1. The minimum absolute atomic E-state index is 0.115. The van der Waals surface area contributed by atoms with E-state index in [1.807, 2.05) is 30.3 Å². The van der Waals surface area contributed by atoms with Crippen LogP contribution in [0.1, 0.15) is 25.3 Å². The minimum atomic E-state index is -0.373. The fourth-order valence-corrected chi connectivity index (χ4v) is 1.82. The summed E-state index contributed by atoms with van der Waals surface area (Å²) in [7, 11) is 0. The number of hydrogen-bond acceptors (Lipinski definition) is 3. The zero-order chi connectivity index (χ0) is 14.4. The first-order chi connectivity index (χ1) is 9.74. The molecule has 1 heterocycles. The smallest absolute Gasteiger partial charge is 0.266 e. The second-order valence-electron chi connectivity index (χ2n) is 4.46. The van der Waals surface area contributed by atoms with Crippen LogP contribution in [0, 0.1) is 11.3 Å². The molecular formula is C16H16N2O2. The summed E-state index contributed by atoms with van der Waals surface area (Å²) in [5.41, 5.74) is 1.28. The van der Waals surface area contributed by atoms with E-state index >= 15 is 0 Å². The Morgan fingerprint density at radius 3 is 2.85 bits per heavy atom. The van der Waals surface area contributed by atoms with Gasteiger partial charge >= 0.3 is 0 Å². The molecule has 0 radical (unpaired) electrons. The Labute approximate surface area is 117 Å². The average molecular weight is 268 g/mol. The van der Waals surface area contributed by atoms with Crippen LogP contribution >= 0.6 is 0 Å². The predicted molar refractivity (Wildman–Crippen MR) is 77.6 cm³/mol. The van der Waals surface area contributed by atoms with Crippen LogP contribution in [0.2, 0.25) is 0 Å². The van der Waals surface area contributed by atoms with Crippen molar-refractivity contribution in [2.75, 3.05) is 6.61 Å². The van der Waals surface area contributed by atoms with Crippen molar-refractivity contribution in [3.8, 4) is 23.1 Å². The van der Waals surface area contributed by atoms with Crippen molar-refractivity contribution in [2.45, 2.75) is 19.8 Å². The maximum Gasteiger partial charge on any atom is 0.266 e. The van der Waals surface area contributed by atoms with Gasteiger partial charge in [0.05, 0.1) is 6.61 Å². The molecule has 2 rings (SSSR count). The maximum atomic E-state index is 11.6. The van der Waals surface area contributed by atoms with Crippen molar-refractivity contribution in [1.82, 2.24) is 4.98 Å². The number of H-pyrrole nitrogens is 1. The summed E-state index contributed by atoms with van der Waals surface area (Å²) in [6.45, 7) is 2.80. The van der Waals surface area contributed by atoms with Gasteiger partial charge in [0.2, 0.25) is 0 Å². The molecule has 4 heteroatoms. The lowest BCUT2D eigenvalue weighted by molar-refractivity contribution is 0.309. The minimum Gasteiger partial charge on any atom is -0.494 e. The van der Waals surface area contributed by atoms with E-state index in [4.69, 9.17) is 10.00 Å². The van der Waals surface area contributed by atoms with Gasteiger partial charge in [-0.3, -0.25) is 4.79 Å². The summed E-state index contributed by atoms with van der Waals surface area (Å²) < 4.78 is 5.64. The van der Waals surface area contributed by atoms with Crippen LogP contribution in [0.3, 0.4) is 0 Å². The average Bonchev–Trinajstić information content (AvgIpc) is 2.48. The number of nitriles is 1. The highest BCUT2D eigenvalue weighted by Gasteiger charge is 2.04. The molecule has 0 amide bonds. The fraction of sp³-hybridized carbons (Fsp3) is 0.250. The van der Waals surface area contributed by atoms with E-state index in [1.165, 1.54) is 6.07 Å². The number of ether oxygens (including phenoxy) is 1. The van der Waals surface area contributed by atoms with Crippen LogP contribution in [0.5, 0.6) is 5.75 Å². The fourth-order valence-electron chi connectivity index (χ4n) is 1.82. The van der Waals surface area contributed by atoms with Gasteiger partial charge in [-0.1, -0.05) is 25.5 Å². The lowest BCUT2D eigenvalue weighted by Crippen LogP contribution is -2.10. The Hall–Kier alpha value is -2.54. The molecule has 0 saturated heterocycles. The zero-order valence-corrected chi connectivity index (χ0v) is 11.3.